The first-order valence-corrected chi connectivity index (χ1v) is 10.7. The van der Waals surface area contributed by atoms with Crippen LogP contribution in [0.25, 0.3) is 0 Å². The lowest BCUT2D eigenvalue weighted by molar-refractivity contribution is 0.131. The van der Waals surface area contributed by atoms with Crippen molar-refractivity contribution < 1.29 is 4.74 Å². The molecule has 2 fully saturated rings. The minimum absolute atomic E-state index is 0.0425. The fourth-order valence-corrected chi connectivity index (χ4v) is 5.22. The van der Waals surface area contributed by atoms with Crippen molar-refractivity contribution in [2.45, 2.75) is 28.8 Å². The summed E-state index contributed by atoms with van der Waals surface area (Å²) < 4.78 is 7.19. The molecule has 2 N–H and O–H groups in total. The van der Waals surface area contributed by atoms with Gasteiger partial charge in [0.25, 0.3) is 5.56 Å². The van der Waals surface area contributed by atoms with Crippen molar-refractivity contribution in [3.63, 3.8) is 0 Å². The smallest absolute Gasteiger partial charge is 0.294 e. The maximum absolute atomic E-state index is 12.9. The number of benzene rings is 1. The number of anilines is 1. The van der Waals surface area contributed by atoms with Gasteiger partial charge in [-0.05, 0) is 25.0 Å². The summed E-state index contributed by atoms with van der Waals surface area (Å²) in [4.78, 5) is 20.3. The molecular weight excluding hydrogens is 419 g/mol. The van der Waals surface area contributed by atoms with Crippen LogP contribution in [0.2, 0.25) is 10.0 Å². The van der Waals surface area contributed by atoms with E-state index in [1.165, 1.54) is 11.8 Å². The summed E-state index contributed by atoms with van der Waals surface area (Å²) in [7, 11) is 1.75. The molecule has 3 heterocycles. The van der Waals surface area contributed by atoms with Crippen molar-refractivity contribution >= 4 is 40.8 Å². The van der Waals surface area contributed by atoms with Crippen molar-refractivity contribution in [2.75, 3.05) is 31.2 Å². The molecule has 0 saturated carbocycles. The molecule has 1 atom stereocenters. The number of rotatable bonds is 3. The number of halogens is 2. The van der Waals surface area contributed by atoms with Crippen LogP contribution < -0.4 is 16.2 Å². The molecule has 9 heteroatoms. The summed E-state index contributed by atoms with van der Waals surface area (Å²) in [6.07, 6.45) is 3.54. The maximum atomic E-state index is 12.9. The molecule has 0 bridgehead atoms. The van der Waals surface area contributed by atoms with Crippen molar-refractivity contribution in [1.82, 2.24) is 9.55 Å². The van der Waals surface area contributed by atoms with E-state index in [1.54, 1.807) is 23.9 Å². The van der Waals surface area contributed by atoms with Gasteiger partial charge in [-0.3, -0.25) is 4.79 Å². The van der Waals surface area contributed by atoms with Crippen LogP contribution in [0.5, 0.6) is 0 Å². The van der Waals surface area contributed by atoms with Crippen molar-refractivity contribution in [3.8, 4) is 0 Å². The predicted molar refractivity (Wildman–Crippen MR) is 113 cm³/mol. The van der Waals surface area contributed by atoms with E-state index in [1.807, 2.05) is 12.1 Å². The van der Waals surface area contributed by atoms with E-state index in [9.17, 15) is 4.79 Å². The van der Waals surface area contributed by atoms with Crippen LogP contribution in [0.15, 0.2) is 39.1 Å². The number of hydrogen-bond acceptors (Lipinski definition) is 6. The van der Waals surface area contributed by atoms with Gasteiger partial charge in [-0.2, -0.15) is 0 Å². The highest BCUT2D eigenvalue weighted by atomic mass is 35.5. The van der Waals surface area contributed by atoms with Crippen LogP contribution >= 0.6 is 35.0 Å². The van der Waals surface area contributed by atoms with Gasteiger partial charge < -0.3 is 19.9 Å². The fraction of sp³-hybridized carbons (Fsp3) is 0.474. The number of hydrogen-bond donors (Lipinski definition) is 1. The molecule has 0 radical (unpaired) electrons. The Morgan fingerprint density at radius 2 is 2.07 bits per heavy atom. The topological polar surface area (TPSA) is 73.4 Å². The Hall–Kier alpha value is -1.25. The first kappa shape index (κ1) is 20.0. The zero-order chi connectivity index (χ0) is 19.9. The van der Waals surface area contributed by atoms with E-state index in [2.05, 4.69) is 9.88 Å². The molecule has 0 amide bonds. The number of piperidine rings is 1. The van der Waals surface area contributed by atoms with Crippen molar-refractivity contribution in [3.05, 3.63) is 44.8 Å². The molecule has 2 saturated heterocycles. The third-order valence-electron chi connectivity index (χ3n) is 5.79. The standard InChI is InChI=1S/C19H22Cl2N4O2S/c1-24-15(28-13-4-2-3-12(20)16(13)21)9-23-17(18(24)26)25-7-5-19(6-8-25)11-27-10-14(19)22/h2-4,9,14H,5-8,10-11,22H2,1H3. The third kappa shape index (κ3) is 3.55. The Morgan fingerprint density at radius 3 is 2.75 bits per heavy atom. The first-order valence-electron chi connectivity index (χ1n) is 9.17. The molecule has 28 heavy (non-hydrogen) atoms. The Labute approximate surface area is 178 Å². The summed E-state index contributed by atoms with van der Waals surface area (Å²) in [5.41, 5.74) is 6.17. The minimum atomic E-state index is -0.119. The van der Waals surface area contributed by atoms with Crippen LogP contribution in [-0.4, -0.2) is 41.9 Å². The monoisotopic (exact) mass is 440 g/mol. The Bertz CT molecular complexity index is 944. The summed E-state index contributed by atoms with van der Waals surface area (Å²) in [5.74, 6) is 0.478. The van der Waals surface area contributed by atoms with Gasteiger partial charge >= 0.3 is 0 Å². The highest BCUT2D eigenvalue weighted by molar-refractivity contribution is 7.99. The Morgan fingerprint density at radius 1 is 1.32 bits per heavy atom. The molecule has 2 aromatic rings. The van der Waals surface area contributed by atoms with E-state index in [-0.39, 0.29) is 17.0 Å². The number of ether oxygens (including phenoxy) is 1. The third-order valence-corrected chi connectivity index (χ3v) is 7.87. The molecule has 0 aliphatic carbocycles. The molecule has 1 spiro atoms. The molecule has 2 aliphatic heterocycles. The average Bonchev–Trinajstić information content (AvgIpc) is 3.04. The average molecular weight is 441 g/mol. The zero-order valence-corrected chi connectivity index (χ0v) is 17.9. The Kier molecular flexibility index (Phi) is 5.64. The second kappa shape index (κ2) is 7.88. The molecule has 2 aliphatic rings. The number of aromatic nitrogens is 2. The van der Waals surface area contributed by atoms with Gasteiger partial charge in [-0.1, -0.05) is 41.0 Å². The van der Waals surface area contributed by atoms with E-state index < -0.39 is 0 Å². The van der Waals surface area contributed by atoms with Gasteiger partial charge in [0.1, 0.15) is 5.03 Å². The molecule has 1 unspecified atom stereocenters. The lowest BCUT2D eigenvalue weighted by atomic mass is 9.75. The second-order valence-corrected chi connectivity index (χ2v) is 9.26. The zero-order valence-electron chi connectivity index (χ0n) is 15.5. The predicted octanol–water partition coefficient (Wildman–Crippen LogP) is 3.18. The first-order chi connectivity index (χ1) is 13.4. The molecule has 150 valence electrons. The SMILES string of the molecule is Cn1c(Sc2cccc(Cl)c2Cl)cnc(N2CCC3(CC2)COCC3N)c1=O. The summed E-state index contributed by atoms with van der Waals surface area (Å²) >= 11 is 13.7. The van der Waals surface area contributed by atoms with Crippen LogP contribution in [0, 0.1) is 5.41 Å². The minimum Gasteiger partial charge on any atom is -0.379 e. The summed E-state index contributed by atoms with van der Waals surface area (Å²) in [6.45, 7) is 2.85. The van der Waals surface area contributed by atoms with Gasteiger partial charge in [0, 0.05) is 36.5 Å². The lowest BCUT2D eigenvalue weighted by Gasteiger charge is -2.40. The maximum Gasteiger partial charge on any atom is 0.294 e. The van der Waals surface area contributed by atoms with Crippen LogP contribution in [-0.2, 0) is 11.8 Å². The fourth-order valence-electron chi connectivity index (χ4n) is 3.85. The largest absolute Gasteiger partial charge is 0.379 e. The molecule has 4 rings (SSSR count). The van der Waals surface area contributed by atoms with E-state index in [0.717, 1.165) is 30.8 Å². The highest BCUT2D eigenvalue weighted by Gasteiger charge is 2.44. The van der Waals surface area contributed by atoms with Crippen LogP contribution in [0.3, 0.4) is 0 Å². The molecule has 1 aromatic carbocycles. The van der Waals surface area contributed by atoms with Crippen LogP contribution in [0.4, 0.5) is 5.82 Å². The van der Waals surface area contributed by atoms with Gasteiger partial charge in [0.05, 0.1) is 29.5 Å². The normalized spacial score (nSPS) is 21.4. The highest BCUT2D eigenvalue weighted by Crippen LogP contribution is 2.39. The summed E-state index contributed by atoms with van der Waals surface area (Å²) in [5, 5.41) is 1.66. The van der Waals surface area contributed by atoms with E-state index in [4.69, 9.17) is 33.7 Å². The lowest BCUT2D eigenvalue weighted by Crippen LogP contribution is -2.50. The van der Waals surface area contributed by atoms with E-state index in [0.29, 0.717) is 34.1 Å². The van der Waals surface area contributed by atoms with Gasteiger partial charge in [-0.15, -0.1) is 0 Å². The van der Waals surface area contributed by atoms with E-state index >= 15 is 0 Å². The van der Waals surface area contributed by atoms with Gasteiger partial charge in [0.2, 0.25) is 0 Å². The van der Waals surface area contributed by atoms with Crippen molar-refractivity contribution in [2.24, 2.45) is 18.2 Å². The quantitative estimate of drug-likeness (QED) is 0.789. The van der Waals surface area contributed by atoms with Crippen LogP contribution in [0.1, 0.15) is 12.8 Å². The van der Waals surface area contributed by atoms with Crippen molar-refractivity contribution in [1.29, 1.82) is 0 Å². The molecule has 6 nitrogen and oxygen atoms in total. The van der Waals surface area contributed by atoms with Gasteiger partial charge in [0.15, 0.2) is 5.82 Å². The molecule has 1 aromatic heterocycles. The Balaban J connectivity index is 1.54. The number of nitrogens with two attached hydrogens (primary N) is 1. The summed E-state index contributed by atoms with van der Waals surface area (Å²) in [6, 6.07) is 5.51. The second-order valence-electron chi connectivity index (χ2n) is 7.41. The molecular formula is C19H22Cl2N4O2S. The van der Waals surface area contributed by atoms with Gasteiger partial charge in [-0.25, -0.2) is 4.98 Å². The number of nitrogens with zero attached hydrogens (tertiary/aromatic N) is 3.